The van der Waals surface area contributed by atoms with Gasteiger partial charge in [0.1, 0.15) is 23.9 Å². The molecule has 6 nitrogen and oxygen atoms in total. The fraction of sp³-hybridized carbons (Fsp3) is 0.190. The monoisotopic (exact) mass is 397 g/mol. The van der Waals surface area contributed by atoms with Crippen LogP contribution in [0, 0.1) is 17.0 Å². The van der Waals surface area contributed by atoms with Gasteiger partial charge < -0.3 is 9.15 Å². The molecule has 0 saturated heterocycles. The zero-order chi connectivity index (χ0) is 20.1. The molecule has 0 radical (unpaired) electrons. The molecule has 0 aliphatic heterocycles. The predicted molar refractivity (Wildman–Crippen MR) is 108 cm³/mol. The lowest BCUT2D eigenvalue weighted by atomic mass is 10.2. The molecule has 0 amide bonds. The van der Waals surface area contributed by atoms with Crippen molar-refractivity contribution in [3.8, 4) is 5.75 Å². The molecule has 0 fully saturated rings. The molecule has 0 unspecified atom stereocenters. The topological polar surface area (TPSA) is 82.6 Å². The van der Waals surface area contributed by atoms with Gasteiger partial charge in [-0.05, 0) is 61.9 Å². The molecule has 3 rings (SSSR count). The van der Waals surface area contributed by atoms with Gasteiger partial charge >= 0.3 is 0 Å². The third kappa shape index (κ3) is 4.75. The van der Waals surface area contributed by atoms with Gasteiger partial charge in [0.25, 0.3) is 5.69 Å². The van der Waals surface area contributed by atoms with Gasteiger partial charge in [0.2, 0.25) is 0 Å². The summed E-state index contributed by atoms with van der Waals surface area (Å²) in [5.41, 5.74) is 0.586. The van der Waals surface area contributed by atoms with Crippen molar-refractivity contribution in [2.45, 2.75) is 26.9 Å². The minimum absolute atomic E-state index is 0.0548. The van der Waals surface area contributed by atoms with Crippen LogP contribution in [0.4, 0.5) is 5.69 Å². The van der Waals surface area contributed by atoms with Crippen LogP contribution in [0.25, 0.3) is 6.08 Å². The molecule has 144 valence electrons. The van der Waals surface area contributed by atoms with Crippen LogP contribution < -0.4 is 4.74 Å². The summed E-state index contributed by atoms with van der Waals surface area (Å²) in [6.45, 7) is 3.90. The molecule has 0 spiro atoms. The molecule has 0 bridgehead atoms. The molecule has 7 heteroatoms. The highest BCUT2D eigenvalue weighted by atomic mass is 32.1. The first-order valence-corrected chi connectivity index (χ1v) is 9.55. The highest BCUT2D eigenvalue weighted by molar-refractivity contribution is 7.14. The van der Waals surface area contributed by atoms with Gasteiger partial charge in [-0.1, -0.05) is 6.92 Å². The summed E-state index contributed by atoms with van der Waals surface area (Å²) >= 11 is 1.50. The predicted octanol–water partition coefficient (Wildman–Crippen LogP) is 5.60. The first-order valence-electron chi connectivity index (χ1n) is 8.74. The second-order valence-electron chi connectivity index (χ2n) is 6.12. The Balaban J connectivity index is 1.59. The van der Waals surface area contributed by atoms with Crippen LogP contribution in [0.15, 0.2) is 53.0 Å². The van der Waals surface area contributed by atoms with E-state index in [4.69, 9.17) is 9.15 Å². The van der Waals surface area contributed by atoms with Crippen molar-refractivity contribution in [3.63, 3.8) is 0 Å². The van der Waals surface area contributed by atoms with E-state index in [1.54, 1.807) is 37.3 Å². The number of nitro groups is 1. The lowest BCUT2D eigenvalue weighted by Gasteiger charge is -2.05. The number of thiophene rings is 1. The smallest absolute Gasteiger partial charge is 0.272 e. The molecule has 2 heterocycles. The molecule has 28 heavy (non-hydrogen) atoms. The number of aryl methyl sites for hydroxylation is 2. The number of ether oxygens (including phenoxy) is 1. The summed E-state index contributed by atoms with van der Waals surface area (Å²) in [4.78, 5) is 24.5. The Labute approximate surface area is 166 Å². The molecular formula is C21H19NO5S. The zero-order valence-electron chi connectivity index (χ0n) is 15.5. The van der Waals surface area contributed by atoms with E-state index >= 15 is 0 Å². The number of carbonyl (C=O) groups is 1. The van der Waals surface area contributed by atoms with Gasteiger partial charge in [0.05, 0.1) is 9.80 Å². The van der Waals surface area contributed by atoms with E-state index in [0.717, 1.165) is 6.42 Å². The first kappa shape index (κ1) is 19.6. The first-order chi connectivity index (χ1) is 13.5. The van der Waals surface area contributed by atoms with Crippen LogP contribution in [-0.2, 0) is 13.0 Å². The maximum Gasteiger partial charge on any atom is 0.272 e. The lowest BCUT2D eigenvalue weighted by molar-refractivity contribution is -0.385. The van der Waals surface area contributed by atoms with Gasteiger partial charge in [-0.25, -0.2) is 0 Å². The van der Waals surface area contributed by atoms with E-state index in [-0.39, 0.29) is 18.1 Å². The molecule has 3 aromatic rings. The molecular weight excluding hydrogens is 378 g/mol. The number of nitro benzene ring substituents is 1. The Bertz CT molecular complexity index is 1030. The van der Waals surface area contributed by atoms with E-state index < -0.39 is 4.92 Å². The van der Waals surface area contributed by atoms with E-state index in [9.17, 15) is 14.9 Å². The molecule has 0 atom stereocenters. The third-order valence-corrected chi connectivity index (χ3v) is 5.32. The summed E-state index contributed by atoms with van der Waals surface area (Å²) in [7, 11) is 0. The van der Waals surface area contributed by atoms with Gasteiger partial charge in [0.15, 0.2) is 5.78 Å². The van der Waals surface area contributed by atoms with E-state index in [1.807, 2.05) is 12.1 Å². The number of nitrogens with zero attached hydrogens (tertiary/aromatic N) is 1. The Morgan fingerprint density at radius 2 is 2.07 bits per heavy atom. The quantitative estimate of drug-likeness (QED) is 0.214. The van der Waals surface area contributed by atoms with Crippen LogP contribution in [-0.4, -0.2) is 10.7 Å². The van der Waals surface area contributed by atoms with Gasteiger partial charge in [-0.15, -0.1) is 11.3 Å². The molecule has 0 N–H and O–H groups in total. The van der Waals surface area contributed by atoms with Crippen molar-refractivity contribution in [3.05, 3.63) is 85.5 Å². The largest absolute Gasteiger partial charge is 0.486 e. The van der Waals surface area contributed by atoms with Gasteiger partial charge in [-0.2, -0.15) is 0 Å². The second-order valence-corrected chi connectivity index (χ2v) is 7.28. The Hall–Kier alpha value is -3.19. The standard InChI is InChI=1S/C21H19NO5S/c1-3-18-8-11-21(28-18)20(23)10-7-15-4-5-17(27-15)13-26-16-6-9-19(22(24)25)14(2)12-16/h4-12H,3,13H2,1-2H3/b10-7+. The second kappa shape index (κ2) is 8.67. The number of furan rings is 1. The molecule has 1 aromatic carbocycles. The van der Waals surface area contributed by atoms with Crippen LogP contribution in [0.2, 0.25) is 0 Å². The number of hydrogen-bond acceptors (Lipinski definition) is 6. The summed E-state index contributed by atoms with van der Waals surface area (Å²) in [5, 5.41) is 10.9. The van der Waals surface area contributed by atoms with Crippen molar-refractivity contribution < 1.29 is 18.9 Å². The summed E-state index contributed by atoms with van der Waals surface area (Å²) in [5.74, 6) is 1.61. The van der Waals surface area contributed by atoms with E-state index in [1.165, 1.54) is 28.4 Å². The Kier molecular flexibility index (Phi) is 6.06. The van der Waals surface area contributed by atoms with Crippen LogP contribution in [0.5, 0.6) is 5.75 Å². The highest BCUT2D eigenvalue weighted by Gasteiger charge is 2.11. The Morgan fingerprint density at radius 1 is 1.25 bits per heavy atom. The summed E-state index contributed by atoms with van der Waals surface area (Å²) in [6.07, 6.45) is 4.04. The maximum atomic E-state index is 12.2. The average Bonchev–Trinajstić information content (AvgIpc) is 3.33. The number of hydrogen-bond donors (Lipinski definition) is 0. The van der Waals surface area contributed by atoms with Crippen LogP contribution in [0.3, 0.4) is 0 Å². The minimum atomic E-state index is -0.426. The highest BCUT2D eigenvalue weighted by Crippen LogP contribution is 2.24. The number of ketones is 1. The third-order valence-electron chi connectivity index (χ3n) is 4.08. The van der Waals surface area contributed by atoms with Crippen molar-refractivity contribution in [1.29, 1.82) is 0 Å². The summed E-state index contributed by atoms with van der Waals surface area (Å²) < 4.78 is 11.3. The van der Waals surface area contributed by atoms with Gasteiger partial charge in [-0.3, -0.25) is 14.9 Å². The normalized spacial score (nSPS) is 11.1. The van der Waals surface area contributed by atoms with Crippen molar-refractivity contribution in [2.24, 2.45) is 0 Å². The summed E-state index contributed by atoms with van der Waals surface area (Å²) in [6, 6.07) is 11.9. The fourth-order valence-electron chi connectivity index (χ4n) is 2.58. The van der Waals surface area contributed by atoms with Crippen molar-refractivity contribution in [2.75, 3.05) is 0 Å². The lowest BCUT2D eigenvalue weighted by Crippen LogP contribution is -1.96. The molecule has 0 saturated carbocycles. The molecule has 0 aliphatic rings. The number of allylic oxidation sites excluding steroid dienone is 1. The van der Waals surface area contributed by atoms with E-state index in [0.29, 0.717) is 27.7 Å². The molecule has 2 aromatic heterocycles. The number of rotatable bonds is 8. The fourth-order valence-corrected chi connectivity index (χ4v) is 3.45. The maximum absolute atomic E-state index is 12.2. The number of benzene rings is 1. The van der Waals surface area contributed by atoms with Crippen molar-refractivity contribution >= 4 is 28.9 Å². The van der Waals surface area contributed by atoms with Crippen LogP contribution >= 0.6 is 11.3 Å². The van der Waals surface area contributed by atoms with Gasteiger partial charge in [0, 0.05) is 16.5 Å². The van der Waals surface area contributed by atoms with Crippen molar-refractivity contribution in [1.82, 2.24) is 0 Å². The Morgan fingerprint density at radius 3 is 2.75 bits per heavy atom. The average molecular weight is 397 g/mol. The zero-order valence-corrected chi connectivity index (χ0v) is 16.3. The van der Waals surface area contributed by atoms with Crippen LogP contribution in [0.1, 0.15) is 38.6 Å². The van der Waals surface area contributed by atoms with E-state index in [2.05, 4.69) is 6.92 Å². The SMILES string of the molecule is CCc1ccc(C(=O)/C=C/c2ccc(COc3ccc([N+](=O)[O-])c(C)c3)o2)s1. The number of carbonyl (C=O) groups excluding carboxylic acids is 1. The molecule has 0 aliphatic carbocycles. The minimum Gasteiger partial charge on any atom is -0.486 e.